The molecule has 0 spiro atoms. The highest BCUT2D eigenvalue weighted by atomic mass is 16.6. The smallest absolute Gasteiger partial charge is 0.422 e. The number of carbonyl (C=O) groups is 1. The van der Waals surface area contributed by atoms with Gasteiger partial charge in [-0.2, -0.15) is 0 Å². The van der Waals surface area contributed by atoms with Crippen molar-refractivity contribution in [3.63, 3.8) is 0 Å². The fraction of sp³-hybridized carbons (Fsp3) is 0.571. The maximum Gasteiger partial charge on any atom is 0.422 e. The van der Waals surface area contributed by atoms with Gasteiger partial charge in [-0.3, -0.25) is 0 Å². The van der Waals surface area contributed by atoms with Crippen LogP contribution >= 0.6 is 0 Å². The first-order valence-corrected chi connectivity index (χ1v) is 3.01. The number of cyclic esters (lactones) is 1. The van der Waals surface area contributed by atoms with Gasteiger partial charge in [-0.25, -0.2) is 9.69 Å². The Bertz CT molecular complexity index is 202. The number of amides is 1. The second-order valence-corrected chi connectivity index (χ2v) is 2.83. The van der Waals surface area contributed by atoms with E-state index in [2.05, 4.69) is 6.04 Å². The fourth-order valence-electron chi connectivity index (χ4n) is 0.842. The minimum atomic E-state index is -0.424. The highest BCUT2D eigenvalue weighted by Gasteiger charge is 2.38. The van der Waals surface area contributed by atoms with Crippen molar-refractivity contribution < 1.29 is 9.53 Å². The second-order valence-electron chi connectivity index (χ2n) is 2.83. The van der Waals surface area contributed by atoms with Gasteiger partial charge in [0.15, 0.2) is 0 Å². The Labute approximate surface area is 60.0 Å². The van der Waals surface area contributed by atoms with Crippen molar-refractivity contribution in [1.82, 2.24) is 4.90 Å². The summed E-state index contributed by atoms with van der Waals surface area (Å²) in [6.45, 7) is 4.09. The van der Waals surface area contributed by atoms with Crippen LogP contribution in [0.4, 0.5) is 4.79 Å². The molecular formula is C7H9NO2. The van der Waals surface area contributed by atoms with Gasteiger partial charge in [0.25, 0.3) is 0 Å². The Morgan fingerprint density at radius 3 is 2.60 bits per heavy atom. The average Bonchev–Trinajstić information content (AvgIpc) is 2.07. The summed E-state index contributed by atoms with van der Waals surface area (Å²) in [4.78, 5) is 12.0. The summed E-state index contributed by atoms with van der Waals surface area (Å²) in [5.74, 6) is 0. The molecule has 3 heteroatoms. The molecule has 0 aliphatic carbocycles. The largest absolute Gasteiger partial charge is 0.446 e. The van der Waals surface area contributed by atoms with Crippen molar-refractivity contribution in [2.75, 3.05) is 6.61 Å². The van der Waals surface area contributed by atoms with Crippen LogP contribution in [0.25, 0.3) is 0 Å². The van der Waals surface area contributed by atoms with E-state index in [1.165, 1.54) is 4.90 Å². The molecule has 0 radical (unpaired) electrons. The van der Waals surface area contributed by atoms with Crippen LogP contribution in [-0.4, -0.2) is 23.1 Å². The molecule has 0 unspecified atom stereocenters. The molecule has 1 heterocycles. The third-order valence-electron chi connectivity index (χ3n) is 1.47. The first-order valence-electron chi connectivity index (χ1n) is 3.01. The van der Waals surface area contributed by atoms with E-state index >= 15 is 0 Å². The molecule has 0 atom stereocenters. The standard InChI is InChI=1S/C7H9NO2/c1-4-8-6(9)10-5-7(8,2)3/h1H,5H2,2-3H3. The van der Waals surface area contributed by atoms with E-state index in [9.17, 15) is 4.79 Å². The molecule has 1 aliphatic rings. The second kappa shape index (κ2) is 1.91. The summed E-state index contributed by atoms with van der Waals surface area (Å²) in [6.07, 6.45) is 4.65. The van der Waals surface area contributed by atoms with Crippen molar-refractivity contribution in [1.29, 1.82) is 0 Å². The number of hydrogen-bond acceptors (Lipinski definition) is 2. The summed E-state index contributed by atoms with van der Waals surface area (Å²) in [5, 5.41) is 0. The van der Waals surface area contributed by atoms with Crippen LogP contribution in [0.5, 0.6) is 0 Å². The third kappa shape index (κ3) is 0.820. The number of hydrogen-bond donors (Lipinski definition) is 0. The lowest BCUT2D eigenvalue weighted by Gasteiger charge is -2.20. The van der Waals surface area contributed by atoms with Gasteiger partial charge in [-0.1, -0.05) is 6.42 Å². The zero-order chi connectivity index (χ0) is 7.78. The Morgan fingerprint density at radius 1 is 1.80 bits per heavy atom. The van der Waals surface area contributed by atoms with E-state index in [-0.39, 0.29) is 5.54 Å². The van der Waals surface area contributed by atoms with Gasteiger partial charge in [-0.15, -0.1) is 0 Å². The number of carbonyl (C=O) groups excluding carboxylic acids is 1. The van der Waals surface area contributed by atoms with Crippen molar-refractivity contribution in [3.8, 4) is 12.5 Å². The van der Waals surface area contributed by atoms with Gasteiger partial charge in [0.2, 0.25) is 0 Å². The molecule has 1 rings (SSSR count). The number of nitrogens with zero attached hydrogens (tertiary/aromatic N) is 1. The van der Waals surface area contributed by atoms with E-state index < -0.39 is 6.09 Å². The highest BCUT2D eigenvalue weighted by molar-refractivity contribution is 5.73. The number of ether oxygens (including phenoxy) is 1. The van der Waals surface area contributed by atoms with E-state index in [0.717, 1.165) is 0 Å². The maximum atomic E-state index is 10.8. The molecule has 0 saturated carbocycles. The first kappa shape index (κ1) is 6.94. The molecule has 1 aliphatic heterocycles. The lowest BCUT2D eigenvalue weighted by molar-refractivity contribution is 0.167. The van der Waals surface area contributed by atoms with Gasteiger partial charge >= 0.3 is 6.09 Å². The lowest BCUT2D eigenvalue weighted by Crippen LogP contribution is -2.37. The van der Waals surface area contributed by atoms with Gasteiger partial charge < -0.3 is 4.74 Å². The van der Waals surface area contributed by atoms with Crippen LogP contribution in [0.2, 0.25) is 0 Å². The third-order valence-corrected chi connectivity index (χ3v) is 1.47. The maximum absolute atomic E-state index is 10.8. The number of rotatable bonds is 0. The topological polar surface area (TPSA) is 29.5 Å². The first-order chi connectivity index (χ1) is 4.58. The molecule has 1 amide bonds. The molecule has 0 N–H and O–H groups in total. The lowest BCUT2D eigenvalue weighted by atomic mass is 10.1. The zero-order valence-electron chi connectivity index (χ0n) is 6.05. The van der Waals surface area contributed by atoms with Gasteiger partial charge in [0.05, 0.1) is 5.54 Å². The van der Waals surface area contributed by atoms with Crippen molar-refractivity contribution in [3.05, 3.63) is 0 Å². The Hall–Kier alpha value is -1.17. The zero-order valence-corrected chi connectivity index (χ0v) is 6.05. The summed E-state index contributed by atoms with van der Waals surface area (Å²) in [7, 11) is 0. The Kier molecular flexibility index (Phi) is 1.33. The van der Waals surface area contributed by atoms with Crippen LogP contribution < -0.4 is 0 Å². The summed E-state index contributed by atoms with van der Waals surface area (Å²) < 4.78 is 4.72. The van der Waals surface area contributed by atoms with E-state index in [0.29, 0.717) is 6.61 Å². The van der Waals surface area contributed by atoms with Gasteiger partial charge in [0.1, 0.15) is 6.61 Å². The predicted molar refractivity (Wildman–Crippen MR) is 36.1 cm³/mol. The molecule has 0 aromatic rings. The predicted octanol–water partition coefficient (Wildman–Crippen LogP) is 0.808. The number of terminal acetylenes is 1. The van der Waals surface area contributed by atoms with E-state index in [1.54, 1.807) is 0 Å². The molecule has 1 saturated heterocycles. The monoisotopic (exact) mass is 139 g/mol. The van der Waals surface area contributed by atoms with Crippen LogP contribution in [0.3, 0.4) is 0 Å². The normalized spacial score (nSPS) is 22.1. The van der Waals surface area contributed by atoms with Crippen molar-refractivity contribution in [2.24, 2.45) is 0 Å². The van der Waals surface area contributed by atoms with Gasteiger partial charge in [-0.05, 0) is 13.8 Å². The molecule has 0 aromatic carbocycles. The van der Waals surface area contributed by atoms with Crippen LogP contribution in [0, 0.1) is 12.5 Å². The van der Waals surface area contributed by atoms with Gasteiger partial charge in [0, 0.05) is 6.04 Å². The fourth-order valence-corrected chi connectivity index (χ4v) is 0.842. The molecule has 1 fully saturated rings. The van der Waals surface area contributed by atoms with E-state index in [1.807, 2.05) is 13.8 Å². The summed E-state index contributed by atoms with van der Waals surface area (Å²) in [5.41, 5.74) is -0.341. The molecule has 54 valence electrons. The minimum Gasteiger partial charge on any atom is -0.446 e. The molecule has 3 nitrogen and oxygen atoms in total. The molecular weight excluding hydrogens is 130 g/mol. The average molecular weight is 139 g/mol. The van der Waals surface area contributed by atoms with Crippen LogP contribution in [-0.2, 0) is 4.74 Å². The Morgan fingerprint density at radius 2 is 2.40 bits per heavy atom. The quantitative estimate of drug-likeness (QED) is 0.465. The molecule has 0 bridgehead atoms. The summed E-state index contributed by atoms with van der Waals surface area (Å²) in [6, 6.07) is 2.26. The Balaban J connectivity index is 2.86. The molecule has 0 aromatic heterocycles. The SMILES string of the molecule is C#CN1C(=O)OCC1(C)C. The minimum absolute atomic E-state index is 0.341. The highest BCUT2D eigenvalue weighted by Crippen LogP contribution is 2.21. The van der Waals surface area contributed by atoms with E-state index in [4.69, 9.17) is 11.2 Å². The summed E-state index contributed by atoms with van der Waals surface area (Å²) >= 11 is 0. The molecule has 10 heavy (non-hydrogen) atoms. The van der Waals surface area contributed by atoms with Crippen molar-refractivity contribution in [2.45, 2.75) is 19.4 Å². The van der Waals surface area contributed by atoms with Crippen LogP contribution in [0.1, 0.15) is 13.8 Å². The van der Waals surface area contributed by atoms with Crippen molar-refractivity contribution >= 4 is 6.09 Å². The van der Waals surface area contributed by atoms with Crippen LogP contribution in [0.15, 0.2) is 0 Å².